The lowest BCUT2D eigenvalue weighted by Gasteiger charge is -2.35. The van der Waals surface area contributed by atoms with Gasteiger partial charge in [0.1, 0.15) is 24.1 Å². The van der Waals surface area contributed by atoms with Crippen molar-refractivity contribution in [3.8, 4) is 22.5 Å². The number of rotatable bonds is 33. The van der Waals surface area contributed by atoms with Gasteiger partial charge < -0.3 is 75.3 Å². The summed E-state index contributed by atoms with van der Waals surface area (Å²) < 4.78 is 48.1. The first-order chi connectivity index (χ1) is 40.1. The second-order valence-electron chi connectivity index (χ2n) is 20.0. The van der Waals surface area contributed by atoms with Crippen LogP contribution in [-0.2, 0) is 47.6 Å². The lowest BCUT2D eigenvalue weighted by Crippen LogP contribution is -2.50. The maximum absolute atomic E-state index is 14.9. The molecule has 2 aromatic carbocycles. The number of carboxylic acid groups (broad SMARTS) is 3. The van der Waals surface area contributed by atoms with Crippen molar-refractivity contribution in [3.05, 3.63) is 59.0 Å². The highest BCUT2D eigenvalue weighted by molar-refractivity contribution is 6.31. The topological polar surface area (TPSA) is 321 Å². The van der Waals surface area contributed by atoms with Crippen LogP contribution in [0.5, 0.6) is 0 Å². The summed E-state index contributed by atoms with van der Waals surface area (Å²) >= 11 is 6.34. The van der Waals surface area contributed by atoms with Crippen LogP contribution >= 0.6 is 11.6 Å². The van der Waals surface area contributed by atoms with E-state index in [-0.39, 0.29) is 110 Å². The third-order valence-corrected chi connectivity index (χ3v) is 13.8. The van der Waals surface area contributed by atoms with E-state index in [9.17, 15) is 43.7 Å². The number of aryl methyl sites for hydroxylation is 1. The number of ether oxygens (including phenoxy) is 6. The Balaban J connectivity index is 0.792. The number of fused-ring (bicyclic) bond motifs is 1. The van der Waals surface area contributed by atoms with Gasteiger partial charge in [-0.3, -0.25) is 38.8 Å². The van der Waals surface area contributed by atoms with E-state index in [4.69, 9.17) is 55.7 Å². The number of carbonyl (C=O) groups excluding carboxylic acids is 2. The number of nitrogens with zero attached hydrogens (tertiary/aromatic N) is 7. The summed E-state index contributed by atoms with van der Waals surface area (Å²) in [5.41, 5.74) is 11.5. The van der Waals surface area contributed by atoms with Gasteiger partial charge in [0.05, 0.1) is 121 Å². The summed E-state index contributed by atoms with van der Waals surface area (Å²) in [5.74, 6) is -2.66. The fourth-order valence-electron chi connectivity index (χ4n) is 9.39. The van der Waals surface area contributed by atoms with Gasteiger partial charge >= 0.3 is 24.0 Å². The molecule has 2 saturated heterocycles. The Morgan fingerprint density at radius 2 is 1.17 bits per heavy atom. The highest BCUT2D eigenvalue weighted by Gasteiger charge is 2.28. The fraction of sp³-hybridized carbons (Fsp3) is 0.582. The summed E-state index contributed by atoms with van der Waals surface area (Å²) in [5, 5.41) is 37.6. The van der Waals surface area contributed by atoms with Crippen molar-refractivity contribution in [2.75, 3.05) is 194 Å². The van der Waals surface area contributed by atoms with E-state index in [1.54, 1.807) is 33.0 Å². The van der Waals surface area contributed by atoms with Gasteiger partial charge in [-0.05, 0) is 61.2 Å². The Kier molecular flexibility index (Phi) is 28.3. The fourth-order valence-corrected chi connectivity index (χ4v) is 9.56. The first kappa shape index (κ1) is 65.8. The number of benzene rings is 2. The number of hydrogen-bond acceptors (Lipinski definition) is 20. The lowest BCUT2D eigenvalue weighted by atomic mass is 9.96. The van der Waals surface area contributed by atoms with Crippen molar-refractivity contribution in [1.29, 1.82) is 0 Å². The smallest absolute Gasteiger partial charge is 0.407 e. The second-order valence-corrected chi connectivity index (χ2v) is 20.5. The molecule has 0 spiro atoms. The van der Waals surface area contributed by atoms with E-state index in [0.717, 1.165) is 35.2 Å². The van der Waals surface area contributed by atoms with E-state index in [1.807, 2.05) is 24.0 Å². The maximum atomic E-state index is 14.9. The number of pyridine rings is 1. The molecule has 0 bridgehead atoms. The molecule has 0 unspecified atom stereocenters. The molecule has 4 heterocycles. The number of nitrogens with two attached hydrogens (primary N) is 1. The first-order valence-corrected chi connectivity index (χ1v) is 28.3. The highest BCUT2D eigenvalue weighted by atomic mass is 35.5. The standard InChI is InChI=1S/C55H80ClFN12O14/c1-39-30-40(32-42(57)31-39)44-34-62-53(51(52(44)69-9-4-43(58)5-10-69)54-63-45-3-2-41(56)33-46(45)64-54)60-8-21-83-55(77)61-7-20-79-23-25-81-27-29-82-28-26-80-24-22-78-19-6-59-47(70)35-65-11-13-66(36-48(71)72)15-17-68(38-50(75)76)18-16-67(14-12-65)37-49(73)74/h2-3,30-34,43H,4-29,35-38,58H2,1H3,(H,59,70)(H,60,62)(H,61,77)(H,63,64)(H,71,72)(H,73,74)(H,75,76). The summed E-state index contributed by atoms with van der Waals surface area (Å²) in [6, 6.07) is 10.4. The van der Waals surface area contributed by atoms with Crippen molar-refractivity contribution < 1.29 is 72.1 Å². The third-order valence-electron chi connectivity index (χ3n) is 13.5. The minimum absolute atomic E-state index is 0.0112. The number of anilines is 2. The molecule has 2 fully saturated rings. The number of H-pyrrole nitrogens is 1. The number of aromatic amines is 1. The predicted molar refractivity (Wildman–Crippen MR) is 308 cm³/mol. The zero-order valence-electron chi connectivity index (χ0n) is 47.1. The number of aliphatic carboxylic acids is 3. The molecular weight excluding hydrogens is 1110 g/mol. The number of imidazole rings is 1. The molecule has 0 aliphatic carbocycles. The van der Waals surface area contributed by atoms with Crippen LogP contribution < -0.4 is 26.6 Å². The normalized spacial score (nSPS) is 15.6. The second kappa shape index (κ2) is 35.7. The molecule has 2 aromatic heterocycles. The van der Waals surface area contributed by atoms with Gasteiger partial charge in [-0.1, -0.05) is 17.7 Å². The number of alkyl carbamates (subject to hydrolysis) is 1. The van der Waals surface area contributed by atoms with E-state index >= 15 is 0 Å². The van der Waals surface area contributed by atoms with Crippen LogP contribution in [-0.4, -0.2) is 270 Å². The molecule has 4 aromatic rings. The molecule has 458 valence electrons. The Hall–Kier alpha value is -6.37. The molecule has 0 saturated carbocycles. The number of carbonyl (C=O) groups is 5. The number of carboxylic acids is 3. The Bertz CT molecular complexity index is 2630. The van der Waals surface area contributed by atoms with E-state index in [0.29, 0.717) is 125 Å². The predicted octanol–water partition coefficient (Wildman–Crippen LogP) is 2.13. The molecule has 2 aliphatic rings. The SMILES string of the molecule is Cc1cc(F)cc(-c2cnc(NCCOC(=O)NCCOCCOCCOCCOCCOCCNC(=O)CN3CCN(CC(=O)O)CCN(CC(=O)O)CCN(CC(=O)O)CC3)c(-c3nc4cc(Cl)ccc4[nH]3)c2N2CCC(N)CC2)c1. The molecule has 83 heavy (non-hydrogen) atoms. The molecule has 6 rings (SSSR count). The Morgan fingerprint density at radius 3 is 1.69 bits per heavy atom. The largest absolute Gasteiger partial charge is 0.480 e. The zero-order chi connectivity index (χ0) is 59.3. The van der Waals surface area contributed by atoms with Crippen molar-refractivity contribution in [2.24, 2.45) is 5.73 Å². The lowest BCUT2D eigenvalue weighted by molar-refractivity contribution is -0.140. The molecule has 2 aliphatic heterocycles. The molecule has 28 heteroatoms. The van der Waals surface area contributed by atoms with Gasteiger partial charge in [0.25, 0.3) is 0 Å². The van der Waals surface area contributed by atoms with Gasteiger partial charge in [0, 0.05) is 101 Å². The summed E-state index contributed by atoms with van der Waals surface area (Å²) in [4.78, 5) is 82.3. The van der Waals surface area contributed by atoms with Crippen LogP contribution in [0, 0.1) is 12.7 Å². The molecule has 26 nitrogen and oxygen atoms in total. The number of nitrogens with one attached hydrogen (secondary N) is 4. The van der Waals surface area contributed by atoms with Crippen LogP contribution in [0.2, 0.25) is 5.02 Å². The molecule has 0 atom stereocenters. The van der Waals surface area contributed by atoms with E-state index < -0.39 is 24.0 Å². The number of piperidine rings is 1. The Morgan fingerprint density at radius 1 is 0.663 bits per heavy atom. The first-order valence-electron chi connectivity index (χ1n) is 27.9. The average molecular weight is 1190 g/mol. The molecule has 0 radical (unpaired) electrons. The van der Waals surface area contributed by atoms with Gasteiger partial charge in [-0.25, -0.2) is 19.2 Å². The van der Waals surface area contributed by atoms with Crippen LogP contribution in [0.3, 0.4) is 0 Å². The van der Waals surface area contributed by atoms with Crippen molar-refractivity contribution >= 4 is 64.0 Å². The van der Waals surface area contributed by atoms with Gasteiger partial charge in [0.2, 0.25) is 5.91 Å². The Labute approximate surface area is 486 Å². The minimum Gasteiger partial charge on any atom is -0.480 e. The van der Waals surface area contributed by atoms with Gasteiger partial charge in [0.15, 0.2) is 0 Å². The number of aromatic nitrogens is 3. The van der Waals surface area contributed by atoms with Crippen LogP contribution in [0.25, 0.3) is 33.5 Å². The monoisotopic (exact) mass is 1190 g/mol. The van der Waals surface area contributed by atoms with Crippen LogP contribution in [0.15, 0.2) is 42.6 Å². The molecular formula is C55H80ClFN12O14. The molecule has 2 amide bonds. The van der Waals surface area contributed by atoms with E-state index in [1.165, 1.54) is 12.1 Å². The van der Waals surface area contributed by atoms with Crippen molar-refractivity contribution in [1.82, 2.24) is 45.2 Å². The van der Waals surface area contributed by atoms with Crippen LogP contribution in [0.1, 0.15) is 18.4 Å². The van der Waals surface area contributed by atoms with Gasteiger partial charge in [-0.15, -0.1) is 0 Å². The maximum Gasteiger partial charge on any atom is 0.407 e. The summed E-state index contributed by atoms with van der Waals surface area (Å²) in [6.45, 7) is 8.82. The number of amides is 2. The van der Waals surface area contributed by atoms with Crippen molar-refractivity contribution in [3.63, 3.8) is 0 Å². The molecule has 9 N–H and O–H groups in total. The minimum atomic E-state index is -1.03. The highest BCUT2D eigenvalue weighted by Crippen LogP contribution is 2.44. The number of hydrogen-bond donors (Lipinski definition) is 8. The van der Waals surface area contributed by atoms with Crippen molar-refractivity contribution in [2.45, 2.75) is 25.8 Å². The van der Waals surface area contributed by atoms with Gasteiger partial charge in [-0.2, -0.15) is 0 Å². The number of halogens is 2. The zero-order valence-corrected chi connectivity index (χ0v) is 47.9. The quantitative estimate of drug-likeness (QED) is 0.0317. The summed E-state index contributed by atoms with van der Waals surface area (Å²) in [7, 11) is 0. The average Bonchev–Trinajstić information content (AvgIpc) is 4.12. The van der Waals surface area contributed by atoms with Crippen LogP contribution in [0.4, 0.5) is 20.7 Å². The van der Waals surface area contributed by atoms with E-state index in [2.05, 4.69) is 25.8 Å². The summed E-state index contributed by atoms with van der Waals surface area (Å²) in [6.07, 6.45) is 2.66. The third kappa shape index (κ3) is 24.0.